The third-order valence-corrected chi connectivity index (χ3v) is 1.99. The quantitative estimate of drug-likeness (QED) is 0.448. The van der Waals surface area contributed by atoms with Crippen LogP contribution in [0.3, 0.4) is 0 Å². The van der Waals surface area contributed by atoms with E-state index in [4.69, 9.17) is 5.73 Å². The van der Waals surface area contributed by atoms with Crippen LogP contribution in [-0.4, -0.2) is 43.0 Å². The van der Waals surface area contributed by atoms with E-state index in [-0.39, 0.29) is 12.2 Å². The van der Waals surface area contributed by atoms with Crippen LogP contribution >= 0.6 is 0 Å². The first kappa shape index (κ1) is 6.45. The third kappa shape index (κ3) is 0.923. The predicted octanol–water partition coefficient (Wildman–Crippen LogP) is -1.43. The number of fused-ring (bicyclic) bond motifs is 1. The minimum atomic E-state index is 0.215. The normalized spacial score (nSPS) is 34.6. The van der Waals surface area contributed by atoms with Crippen LogP contribution in [0, 0.1) is 0 Å². The maximum atomic E-state index is 5.51. The number of aliphatic imine (C=N–C) groups is 2. The summed E-state index contributed by atoms with van der Waals surface area (Å²) in [5, 5.41) is 3.06. The zero-order chi connectivity index (χ0) is 7.84. The zero-order valence-electron chi connectivity index (χ0n) is 6.36. The van der Waals surface area contributed by atoms with Crippen molar-refractivity contribution < 1.29 is 0 Å². The summed E-state index contributed by atoms with van der Waals surface area (Å²) in [7, 11) is 1.97. The van der Waals surface area contributed by atoms with Gasteiger partial charge in [-0.15, -0.1) is 0 Å². The topological polar surface area (TPSA) is 66.0 Å². The van der Waals surface area contributed by atoms with Gasteiger partial charge in [0.1, 0.15) is 12.2 Å². The number of hydrogen-bond donors (Lipinski definition) is 2. The van der Waals surface area contributed by atoms with Crippen LogP contribution in [0.15, 0.2) is 9.98 Å². The number of guanidine groups is 1. The highest BCUT2D eigenvalue weighted by Crippen LogP contribution is 2.11. The lowest BCUT2D eigenvalue weighted by Gasteiger charge is -2.28. The van der Waals surface area contributed by atoms with E-state index in [2.05, 4.69) is 15.3 Å². The second-order valence-electron chi connectivity index (χ2n) is 2.81. The fraction of sp³-hybridized carbons (Fsp3) is 0.667. The van der Waals surface area contributed by atoms with Crippen molar-refractivity contribution in [3.05, 3.63) is 0 Å². The van der Waals surface area contributed by atoms with Crippen molar-refractivity contribution in [1.82, 2.24) is 10.2 Å². The Bertz CT molecular complexity index is 221. The van der Waals surface area contributed by atoms with Crippen LogP contribution in [0.5, 0.6) is 0 Å². The van der Waals surface area contributed by atoms with Gasteiger partial charge in [0.25, 0.3) is 0 Å². The standard InChI is InChI=1S/C6H11N5/c1-11-3-9-4-2-8-6(7)10-5(4)11/h3-5H,2H2,1H3,(H3,7,8,10)/t4?,5-/m1/s1. The molecule has 1 unspecified atom stereocenters. The van der Waals surface area contributed by atoms with Gasteiger partial charge in [-0.25, -0.2) is 0 Å². The average molecular weight is 153 g/mol. The molecule has 0 radical (unpaired) electrons. The van der Waals surface area contributed by atoms with Gasteiger partial charge in [-0.3, -0.25) is 9.98 Å². The Hall–Kier alpha value is -1.26. The van der Waals surface area contributed by atoms with Crippen LogP contribution in [0.2, 0.25) is 0 Å². The summed E-state index contributed by atoms with van der Waals surface area (Å²) in [6.45, 7) is 0.699. The summed E-state index contributed by atoms with van der Waals surface area (Å²) in [6, 6.07) is 0.243. The second kappa shape index (κ2) is 2.11. The van der Waals surface area contributed by atoms with Crippen molar-refractivity contribution in [2.24, 2.45) is 15.7 Å². The highest BCUT2D eigenvalue weighted by molar-refractivity contribution is 5.80. The highest BCUT2D eigenvalue weighted by Gasteiger charge is 2.30. The van der Waals surface area contributed by atoms with Gasteiger partial charge in [0.05, 0.1) is 12.9 Å². The Morgan fingerprint density at radius 1 is 1.82 bits per heavy atom. The van der Waals surface area contributed by atoms with Gasteiger partial charge in [0.2, 0.25) is 0 Å². The number of nitrogens with one attached hydrogen (secondary N) is 1. The number of rotatable bonds is 0. The van der Waals surface area contributed by atoms with E-state index in [9.17, 15) is 0 Å². The molecule has 0 aliphatic carbocycles. The van der Waals surface area contributed by atoms with Crippen molar-refractivity contribution in [1.29, 1.82) is 0 Å². The first-order valence-corrected chi connectivity index (χ1v) is 3.59. The summed E-state index contributed by atoms with van der Waals surface area (Å²) >= 11 is 0. The maximum Gasteiger partial charge on any atom is 0.190 e. The monoisotopic (exact) mass is 153 g/mol. The first-order chi connectivity index (χ1) is 5.27. The maximum absolute atomic E-state index is 5.51. The molecule has 2 atom stereocenters. The van der Waals surface area contributed by atoms with E-state index >= 15 is 0 Å². The number of likely N-dealkylation sites (N-methyl/N-ethyl adjacent to an activating group) is 1. The van der Waals surface area contributed by atoms with Crippen LogP contribution in [0.4, 0.5) is 0 Å². The molecule has 60 valence electrons. The summed E-state index contributed by atoms with van der Waals surface area (Å²) in [5.74, 6) is 0.517. The fourth-order valence-corrected chi connectivity index (χ4v) is 1.35. The molecule has 2 aliphatic rings. The van der Waals surface area contributed by atoms with Crippen LogP contribution in [0.25, 0.3) is 0 Å². The summed E-state index contributed by atoms with van der Waals surface area (Å²) in [4.78, 5) is 10.3. The van der Waals surface area contributed by atoms with Crippen LogP contribution in [-0.2, 0) is 0 Å². The molecule has 3 N–H and O–H groups in total. The largest absolute Gasteiger partial charge is 0.370 e. The lowest BCUT2D eigenvalue weighted by Crippen LogP contribution is -2.55. The molecule has 0 bridgehead atoms. The van der Waals surface area contributed by atoms with E-state index in [1.807, 2.05) is 18.3 Å². The molecule has 0 aromatic carbocycles. The molecule has 0 fully saturated rings. The molecule has 0 saturated carbocycles. The second-order valence-corrected chi connectivity index (χ2v) is 2.81. The average Bonchev–Trinajstić information content (AvgIpc) is 2.33. The fourth-order valence-electron chi connectivity index (χ4n) is 1.35. The lowest BCUT2D eigenvalue weighted by molar-refractivity contribution is 0.324. The van der Waals surface area contributed by atoms with Crippen LogP contribution in [0.1, 0.15) is 0 Å². The molecule has 5 nitrogen and oxygen atoms in total. The molecular formula is C6H11N5. The third-order valence-electron chi connectivity index (χ3n) is 1.99. The minimum Gasteiger partial charge on any atom is -0.370 e. The summed E-state index contributed by atoms with van der Waals surface area (Å²) in [5.41, 5.74) is 5.51. The number of hydrogen-bond acceptors (Lipinski definition) is 5. The Morgan fingerprint density at radius 2 is 2.64 bits per heavy atom. The van der Waals surface area contributed by atoms with Gasteiger partial charge in [0, 0.05) is 7.05 Å². The number of nitrogens with zero attached hydrogens (tertiary/aromatic N) is 3. The van der Waals surface area contributed by atoms with Gasteiger partial charge in [0.15, 0.2) is 5.96 Å². The molecule has 11 heavy (non-hydrogen) atoms. The van der Waals surface area contributed by atoms with E-state index in [1.54, 1.807) is 0 Å². The number of nitrogens with two attached hydrogens (primary N) is 1. The van der Waals surface area contributed by atoms with E-state index in [0.717, 1.165) is 0 Å². The molecule has 5 heteroatoms. The first-order valence-electron chi connectivity index (χ1n) is 3.59. The molecule has 0 amide bonds. The Labute approximate surface area is 65.0 Å². The molecule has 0 aromatic heterocycles. The van der Waals surface area contributed by atoms with Gasteiger partial charge in [-0.05, 0) is 0 Å². The Kier molecular flexibility index (Phi) is 1.24. The van der Waals surface area contributed by atoms with Crippen molar-refractivity contribution in [2.45, 2.75) is 12.2 Å². The van der Waals surface area contributed by atoms with Gasteiger partial charge in [-0.2, -0.15) is 0 Å². The molecule has 2 aliphatic heterocycles. The lowest BCUT2D eigenvalue weighted by atomic mass is 10.2. The molecule has 2 heterocycles. The summed E-state index contributed by atoms with van der Waals surface area (Å²) < 4.78 is 0. The Balaban J connectivity index is 2.16. The molecule has 2 rings (SSSR count). The predicted molar refractivity (Wildman–Crippen MR) is 43.5 cm³/mol. The van der Waals surface area contributed by atoms with Crippen molar-refractivity contribution in [2.75, 3.05) is 13.6 Å². The van der Waals surface area contributed by atoms with Crippen LogP contribution < -0.4 is 11.1 Å². The molecule has 0 spiro atoms. The minimum absolute atomic E-state index is 0.215. The van der Waals surface area contributed by atoms with Gasteiger partial charge < -0.3 is 16.0 Å². The molecule has 0 aromatic rings. The smallest absolute Gasteiger partial charge is 0.190 e. The SMILES string of the molecule is CN1C=NC2CN=C(N)N[C@@H]21. The van der Waals surface area contributed by atoms with Crippen molar-refractivity contribution in [3.63, 3.8) is 0 Å². The van der Waals surface area contributed by atoms with E-state index in [1.165, 1.54) is 0 Å². The highest BCUT2D eigenvalue weighted by atomic mass is 15.4. The van der Waals surface area contributed by atoms with E-state index in [0.29, 0.717) is 12.5 Å². The Morgan fingerprint density at radius 3 is 3.45 bits per heavy atom. The molecule has 0 saturated heterocycles. The van der Waals surface area contributed by atoms with Gasteiger partial charge in [-0.1, -0.05) is 0 Å². The van der Waals surface area contributed by atoms with Gasteiger partial charge >= 0.3 is 0 Å². The van der Waals surface area contributed by atoms with Crippen molar-refractivity contribution in [3.8, 4) is 0 Å². The van der Waals surface area contributed by atoms with Crippen molar-refractivity contribution >= 4 is 12.3 Å². The zero-order valence-corrected chi connectivity index (χ0v) is 6.36. The molecular weight excluding hydrogens is 142 g/mol. The van der Waals surface area contributed by atoms with E-state index < -0.39 is 0 Å². The summed E-state index contributed by atoms with van der Waals surface area (Å²) in [6.07, 6.45) is 2.03.